The van der Waals surface area contributed by atoms with Crippen LogP contribution in [-0.4, -0.2) is 21.1 Å². The smallest absolute Gasteiger partial charge is 0.128 e. The van der Waals surface area contributed by atoms with Crippen molar-refractivity contribution in [3.8, 4) is 16.9 Å². The Morgan fingerprint density at radius 2 is 2.07 bits per heavy atom. The predicted molar refractivity (Wildman–Crippen MR) is 113 cm³/mol. The molecule has 1 aliphatic carbocycles. The van der Waals surface area contributed by atoms with Gasteiger partial charge in [0.15, 0.2) is 0 Å². The third kappa shape index (κ3) is 3.40. The van der Waals surface area contributed by atoms with Gasteiger partial charge in [0.2, 0.25) is 0 Å². The molecule has 1 aliphatic heterocycles. The van der Waals surface area contributed by atoms with Gasteiger partial charge in [-0.05, 0) is 54.8 Å². The molecule has 2 N–H and O–H groups in total. The van der Waals surface area contributed by atoms with E-state index in [0.717, 1.165) is 45.6 Å². The Bertz CT molecular complexity index is 1050. The number of nitrogens with zero attached hydrogens (tertiary/aromatic N) is 1. The fourth-order valence-electron chi connectivity index (χ4n) is 4.21. The van der Waals surface area contributed by atoms with E-state index in [-0.39, 0.29) is 17.6 Å². The van der Waals surface area contributed by atoms with Crippen LogP contribution >= 0.6 is 0 Å². The van der Waals surface area contributed by atoms with Gasteiger partial charge in [0, 0.05) is 34.1 Å². The first-order chi connectivity index (χ1) is 14.0. The summed E-state index contributed by atoms with van der Waals surface area (Å²) in [4.78, 5) is 2.20. The fraction of sp³-hybridized carbons (Fsp3) is 0.250. The summed E-state index contributed by atoms with van der Waals surface area (Å²) >= 11 is 2.31. The van der Waals surface area contributed by atoms with E-state index in [1.165, 1.54) is 0 Å². The molecule has 151 valence electrons. The van der Waals surface area contributed by atoms with Crippen LogP contribution in [0.4, 0.5) is 10.1 Å². The molecule has 0 bridgehead atoms. The summed E-state index contributed by atoms with van der Waals surface area (Å²) < 4.78 is 16.0. The molecule has 2 aliphatic rings. The molecular weight excluding hydrogens is 478 g/mol. The number of rotatable bonds is 5. The lowest BCUT2D eigenvalue weighted by Crippen LogP contribution is -3.36. The third-order valence-electron chi connectivity index (χ3n) is 5.88. The first kappa shape index (κ1) is 20.2. The minimum Gasteiger partial charge on any atom is -0.781 e. The Hall–Kier alpha value is -2.12. The van der Waals surface area contributed by atoms with Crippen LogP contribution in [0.3, 0.4) is 0 Å². The molecule has 0 saturated carbocycles. The molecule has 0 spiro atoms. The number of hydrogen-bond acceptors (Lipinski definition) is 3. The van der Waals surface area contributed by atoms with Crippen molar-refractivity contribution in [1.29, 1.82) is 0 Å². The Kier molecular flexibility index (Phi) is 5.53. The largest absolute Gasteiger partial charge is 0.781 e. The van der Waals surface area contributed by atoms with E-state index in [0.29, 0.717) is 16.7 Å². The molecule has 1 atom stereocenters. The lowest BCUT2D eigenvalue weighted by molar-refractivity contribution is -0.404. The number of halogens is 2. The van der Waals surface area contributed by atoms with Gasteiger partial charge in [-0.2, -0.15) is 0 Å². The summed E-state index contributed by atoms with van der Waals surface area (Å²) in [7, 11) is 0. The molecule has 2 aromatic carbocycles. The van der Waals surface area contributed by atoms with Crippen molar-refractivity contribution >= 4 is 11.3 Å². The highest BCUT2D eigenvalue weighted by atomic mass is 127. The minimum absolute atomic E-state index is 0.0127. The van der Waals surface area contributed by atoms with Crippen molar-refractivity contribution in [2.45, 2.75) is 26.3 Å². The SMILES string of the molecule is C=C1Nc2ccc(O)c(-c3ccc(C(C)N(CC)C[I-])c(F)c3)c2C2=C1CC=C2. The standard InChI is InChI=1S/C24H24FIN2O/c1-4-28(13-26)15(3)18-9-8-16(12-20(18)25)23-22(29)11-10-21-24(23)19-7-5-6-17(19)14(2)27-21/h5,7-12,15,27,29H,2,4,6,13H2,1,3H3/q-1. The summed E-state index contributed by atoms with van der Waals surface area (Å²) in [6.45, 7) is 9.09. The Morgan fingerprint density at radius 3 is 2.76 bits per heavy atom. The Labute approximate surface area is 184 Å². The minimum atomic E-state index is -0.250. The van der Waals surface area contributed by atoms with Gasteiger partial charge < -0.3 is 37.9 Å². The van der Waals surface area contributed by atoms with Crippen LogP contribution in [-0.2, 0) is 0 Å². The number of anilines is 1. The molecule has 5 heteroatoms. The average molecular weight is 502 g/mol. The molecule has 0 aromatic heterocycles. The van der Waals surface area contributed by atoms with Gasteiger partial charge in [-0.25, -0.2) is 4.39 Å². The summed E-state index contributed by atoms with van der Waals surface area (Å²) in [5.74, 6) is -0.104. The molecule has 3 nitrogen and oxygen atoms in total. The molecule has 29 heavy (non-hydrogen) atoms. The quantitative estimate of drug-likeness (QED) is 0.286. The lowest BCUT2D eigenvalue weighted by Gasteiger charge is -2.31. The van der Waals surface area contributed by atoms with Gasteiger partial charge in [-0.15, -0.1) is 4.55 Å². The summed E-state index contributed by atoms with van der Waals surface area (Å²) in [6.07, 6.45) is 4.97. The number of benzene rings is 2. The van der Waals surface area contributed by atoms with Crippen LogP contribution in [0.25, 0.3) is 16.7 Å². The molecule has 1 radical (unpaired) electrons. The Morgan fingerprint density at radius 1 is 1.28 bits per heavy atom. The van der Waals surface area contributed by atoms with Crippen LogP contribution in [0.2, 0.25) is 0 Å². The van der Waals surface area contributed by atoms with Gasteiger partial charge in [0.1, 0.15) is 11.6 Å². The average Bonchev–Trinajstić information content (AvgIpc) is 3.20. The third-order valence-corrected chi connectivity index (χ3v) is 6.76. The molecule has 0 saturated heterocycles. The van der Waals surface area contributed by atoms with Crippen molar-refractivity contribution in [2.75, 3.05) is 16.4 Å². The molecule has 1 heterocycles. The van der Waals surface area contributed by atoms with E-state index in [4.69, 9.17) is 0 Å². The maximum atomic E-state index is 15.1. The normalized spacial score (nSPS) is 16.1. The van der Waals surface area contributed by atoms with E-state index >= 15 is 4.39 Å². The van der Waals surface area contributed by atoms with E-state index in [1.54, 1.807) is 12.1 Å². The zero-order chi connectivity index (χ0) is 20.7. The maximum Gasteiger partial charge on any atom is 0.128 e. The monoisotopic (exact) mass is 502 g/mol. The number of aromatic hydroxyl groups is 1. The topological polar surface area (TPSA) is 35.5 Å². The number of alkyl halides is 1. The lowest BCUT2D eigenvalue weighted by atomic mass is 9.87. The summed E-state index contributed by atoms with van der Waals surface area (Å²) in [5.41, 5.74) is 6.83. The number of fused-ring (bicyclic) bond motifs is 2. The van der Waals surface area contributed by atoms with E-state index in [1.807, 2.05) is 25.1 Å². The van der Waals surface area contributed by atoms with Crippen LogP contribution in [0.15, 0.2) is 60.3 Å². The maximum absolute atomic E-state index is 15.1. The highest BCUT2D eigenvalue weighted by Crippen LogP contribution is 2.48. The zero-order valence-electron chi connectivity index (χ0n) is 16.6. The van der Waals surface area contributed by atoms with Crippen molar-refractivity contribution < 1.29 is 32.1 Å². The van der Waals surface area contributed by atoms with Crippen LogP contribution in [0.1, 0.15) is 37.4 Å². The van der Waals surface area contributed by atoms with Gasteiger partial charge >= 0.3 is 0 Å². The number of nitrogens with one attached hydrogen (secondary N) is 1. The summed E-state index contributed by atoms with van der Waals surface area (Å²) in [5, 5.41) is 14.0. The predicted octanol–water partition coefficient (Wildman–Crippen LogP) is 2.74. The second-order valence-electron chi connectivity index (χ2n) is 7.42. The van der Waals surface area contributed by atoms with Crippen molar-refractivity contribution in [3.63, 3.8) is 0 Å². The molecule has 1 unspecified atom stereocenters. The number of allylic oxidation sites excluding steroid dienone is 4. The second kappa shape index (κ2) is 7.95. The molecular formula is C24H24FIN2O-. The molecule has 0 amide bonds. The summed E-state index contributed by atoms with van der Waals surface area (Å²) in [6, 6.07) is 8.79. The zero-order valence-corrected chi connectivity index (χ0v) is 18.8. The van der Waals surface area contributed by atoms with E-state index < -0.39 is 0 Å². The number of phenols is 1. The van der Waals surface area contributed by atoms with Crippen molar-refractivity contribution in [2.24, 2.45) is 0 Å². The van der Waals surface area contributed by atoms with Crippen LogP contribution in [0.5, 0.6) is 5.75 Å². The number of phenolic OH excluding ortho intramolecular Hbond substituents is 1. The highest BCUT2D eigenvalue weighted by molar-refractivity contribution is 6.00. The highest BCUT2D eigenvalue weighted by Gasteiger charge is 2.27. The van der Waals surface area contributed by atoms with Crippen molar-refractivity contribution in [3.05, 3.63) is 77.3 Å². The van der Waals surface area contributed by atoms with Gasteiger partial charge in [0.25, 0.3) is 0 Å². The first-order valence-electron chi connectivity index (χ1n) is 9.78. The first-order valence-corrected chi connectivity index (χ1v) is 11.3. The number of hydrogen-bond donors (Lipinski definition) is 2. The van der Waals surface area contributed by atoms with Crippen molar-refractivity contribution in [1.82, 2.24) is 4.90 Å². The fourth-order valence-corrected chi connectivity index (χ4v) is 5.28. The van der Waals surface area contributed by atoms with Gasteiger partial charge in [-0.3, -0.25) is 0 Å². The van der Waals surface area contributed by atoms with E-state index in [2.05, 4.69) is 58.5 Å². The second-order valence-corrected chi connectivity index (χ2v) is 8.10. The van der Waals surface area contributed by atoms with Gasteiger partial charge in [0.05, 0.1) is 0 Å². The Balaban J connectivity index is 1.84. The molecule has 0 fully saturated rings. The molecule has 2 aromatic rings. The molecule has 4 rings (SSSR count). The van der Waals surface area contributed by atoms with Crippen LogP contribution in [0, 0.1) is 5.82 Å². The van der Waals surface area contributed by atoms with Crippen LogP contribution < -0.4 is 27.9 Å². The van der Waals surface area contributed by atoms with E-state index in [9.17, 15) is 5.11 Å². The van der Waals surface area contributed by atoms with Gasteiger partial charge in [-0.1, -0.05) is 37.8 Å².